The maximum Gasteiger partial charge on any atom is 0.113 e. The summed E-state index contributed by atoms with van der Waals surface area (Å²) in [5.74, 6) is 0. The van der Waals surface area contributed by atoms with Crippen molar-refractivity contribution in [2.24, 2.45) is 0 Å². The summed E-state index contributed by atoms with van der Waals surface area (Å²) in [4.78, 5) is 2.41. The molecule has 0 saturated carbocycles. The van der Waals surface area contributed by atoms with Crippen molar-refractivity contribution in [3.63, 3.8) is 0 Å². The number of likely N-dealkylation sites (N-methyl/N-ethyl adjacent to an activating group) is 1. The van der Waals surface area contributed by atoms with Gasteiger partial charge >= 0.3 is 0 Å². The van der Waals surface area contributed by atoms with Crippen LogP contribution in [0.25, 0.3) is 0 Å². The Kier molecular flexibility index (Phi) is 1.87. The van der Waals surface area contributed by atoms with Crippen LogP contribution in [0.4, 0.5) is 5.69 Å². The van der Waals surface area contributed by atoms with Gasteiger partial charge in [-0.3, -0.25) is 0 Å². The van der Waals surface area contributed by atoms with Crippen LogP contribution in [0.1, 0.15) is 12.0 Å². The molecule has 0 bridgehead atoms. The molecule has 1 aromatic rings. The van der Waals surface area contributed by atoms with Crippen molar-refractivity contribution in [1.29, 1.82) is 0 Å². The summed E-state index contributed by atoms with van der Waals surface area (Å²) >= 11 is 0. The summed E-state index contributed by atoms with van der Waals surface area (Å²) in [6.45, 7) is 3.43. The van der Waals surface area contributed by atoms with Crippen LogP contribution in [0.5, 0.6) is 0 Å². The van der Waals surface area contributed by atoms with Gasteiger partial charge in [0, 0.05) is 24.2 Å². The molecule has 0 amide bonds. The molecule has 0 aromatic heterocycles. The molecule has 15 heavy (non-hydrogen) atoms. The number of benzene rings is 1. The van der Waals surface area contributed by atoms with Crippen molar-refractivity contribution in [2.75, 3.05) is 32.0 Å². The van der Waals surface area contributed by atoms with Crippen LogP contribution in [0.3, 0.4) is 0 Å². The lowest BCUT2D eigenvalue weighted by molar-refractivity contribution is 0.381. The minimum atomic E-state index is 0.345. The lowest BCUT2D eigenvalue weighted by Crippen LogP contribution is -2.31. The molecule has 76 valence electrons. The third-order valence-corrected chi connectivity index (χ3v) is 3.78. The minimum absolute atomic E-state index is 0.345. The van der Waals surface area contributed by atoms with Crippen LogP contribution in [0.15, 0.2) is 18.2 Å². The number of nitrogens with one attached hydrogen (secondary N) is 1. The molecular formula is C12H15BN2. The quantitative estimate of drug-likeness (QED) is 0.610. The van der Waals surface area contributed by atoms with E-state index in [2.05, 4.69) is 29.4 Å². The van der Waals surface area contributed by atoms with E-state index in [4.69, 9.17) is 7.85 Å². The van der Waals surface area contributed by atoms with Crippen molar-refractivity contribution in [2.45, 2.75) is 11.8 Å². The first-order valence-corrected chi connectivity index (χ1v) is 5.52. The van der Waals surface area contributed by atoms with Crippen molar-refractivity contribution in [3.05, 3.63) is 23.8 Å². The van der Waals surface area contributed by atoms with Crippen LogP contribution in [-0.4, -0.2) is 39.4 Å². The molecule has 1 N–H and O–H groups in total. The zero-order valence-electron chi connectivity index (χ0n) is 9.09. The molecule has 3 heteroatoms. The Bertz CT molecular complexity index is 405. The third-order valence-electron chi connectivity index (χ3n) is 3.78. The number of rotatable bonds is 0. The van der Waals surface area contributed by atoms with Crippen LogP contribution < -0.4 is 10.8 Å². The lowest BCUT2D eigenvalue weighted by atomic mass is 9.80. The predicted molar refractivity (Wildman–Crippen MR) is 64.1 cm³/mol. The normalized spacial score (nSPS) is 29.4. The summed E-state index contributed by atoms with van der Waals surface area (Å²) in [5, 5.41) is 3.49. The summed E-state index contributed by atoms with van der Waals surface area (Å²) in [5.41, 5.74) is 3.90. The largest absolute Gasteiger partial charge is 0.384 e. The highest BCUT2D eigenvalue weighted by atomic mass is 15.1. The maximum atomic E-state index is 5.79. The summed E-state index contributed by atoms with van der Waals surface area (Å²) in [6, 6.07) is 6.28. The van der Waals surface area contributed by atoms with E-state index in [9.17, 15) is 0 Å². The van der Waals surface area contributed by atoms with E-state index in [1.54, 1.807) is 0 Å². The van der Waals surface area contributed by atoms with Gasteiger partial charge in [0.2, 0.25) is 0 Å². The highest BCUT2D eigenvalue weighted by Gasteiger charge is 2.42. The molecule has 2 aliphatic heterocycles. The highest BCUT2D eigenvalue weighted by molar-refractivity contribution is 6.32. The summed E-state index contributed by atoms with van der Waals surface area (Å²) < 4.78 is 0. The van der Waals surface area contributed by atoms with Crippen LogP contribution in [0.2, 0.25) is 0 Å². The second-order valence-corrected chi connectivity index (χ2v) is 4.93. The van der Waals surface area contributed by atoms with E-state index in [-0.39, 0.29) is 0 Å². The minimum Gasteiger partial charge on any atom is -0.384 e. The monoisotopic (exact) mass is 198 g/mol. The average Bonchev–Trinajstić information content (AvgIpc) is 2.73. The second kappa shape index (κ2) is 3.02. The molecule has 3 rings (SSSR count). The number of nitrogens with zero attached hydrogens (tertiary/aromatic N) is 1. The van der Waals surface area contributed by atoms with Crippen LogP contribution >= 0.6 is 0 Å². The Morgan fingerprint density at radius 3 is 3.07 bits per heavy atom. The number of fused-ring (bicyclic) bond motifs is 2. The van der Waals surface area contributed by atoms with Gasteiger partial charge in [0.15, 0.2) is 0 Å². The Hall–Kier alpha value is -0.955. The van der Waals surface area contributed by atoms with E-state index in [0.29, 0.717) is 5.41 Å². The SMILES string of the molecule is [B]c1ccc2c(c1)NC[C@@]21CCN(C)C1. The van der Waals surface area contributed by atoms with Crippen molar-refractivity contribution in [3.8, 4) is 0 Å². The number of hydrogen-bond acceptors (Lipinski definition) is 2. The Labute approximate surface area is 92.1 Å². The Balaban J connectivity index is 2.04. The van der Waals surface area contributed by atoms with Gasteiger partial charge in [-0.1, -0.05) is 17.6 Å². The highest BCUT2D eigenvalue weighted by Crippen LogP contribution is 2.42. The summed E-state index contributed by atoms with van der Waals surface area (Å²) in [7, 11) is 7.99. The molecule has 1 atom stereocenters. The van der Waals surface area contributed by atoms with Gasteiger partial charge in [0.1, 0.15) is 7.85 Å². The number of anilines is 1. The predicted octanol–water partition coefficient (Wildman–Crippen LogP) is 0.479. The second-order valence-electron chi connectivity index (χ2n) is 4.93. The molecule has 0 aliphatic carbocycles. The fourth-order valence-electron chi connectivity index (χ4n) is 2.97. The van der Waals surface area contributed by atoms with Gasteiger partial charge < -0.3 is 10.2 Å². The average molecular weight is 198 g/mol. The third kappa shape index (κ3) is 1.30. The smallest absolute Gasteiger partial charge is 0.113 e. The Morgan fingerprint density at radius 1 is 1.47 bits per heavy atom. The van der Waals surface area contributed by atoms with Crippen LogP contribution in [0, 0.1) is 0 Å². The number of likely N-dealkylation sites (tertiary alicyclic amines) is 1. The molecule has 0 unspecified atom stereocenters. The van der Waals surface area contributed by atoms with Gasteiger partial charge in [-0.2, -0.15) is 0 Å². The van der Waals surface area contributed by atoms with Gasteiger partial charge in [-0.15, -0.1) is 0 Å². The zero-order chi connectivity index (χ0) is 10.5. The van der Waals surface area contributed by atoms with E-state index in [1.807, 2.05) is 6.07 Å². The first-order valence-electron chi connectivity index (χ1n) is 5.52. The van der Waals surface area contributed by atoms with Crippen molar-refractivity contribution < 1.29 is 0 Å². The van der Waals surface area contributed by atoms with Crippen molar-refractivity contribution in [1.82, 2.24) is 4.90 Å². The Morgan fingerprint density at radius 2 is 2.33 bits per heavy atom. The van der Waals surface area contributed by atoms with E-state index < -0.39 is 0 Å². The number of hydrogen-bond donors (Lipinski definition) is 1. The molecule has 1 fully saturated rings. The van der Waals surface area contributed by atoms with Crippen LogP contribution in [-0.2, 0) is 5.41 Å². The molecule has 1 aromatic carbocycles. The van der Waals surface area contributed by atoms with Gasteiger partial charge in [-0.25, -0.2) is 0 Å². The van der Waals surface area contributed by atoms with Gasteiger partial charge in [0.25, 0.3) is 0 Å². The van der Waals surface area contributed by atoms with Gasteiger partial charge in [0.05, 0.1) is 0 Å². The van der Waals surface area contributed by atoms with E-state index in [1.165, 1.54) is 24.2 Å². The molecule has 1 saturated heterocycles. The molecular weight excluding hydrogens is 183 g/mol. The molecule has 2 radical (unpaired) electrons. The van der Waals surface area contributed by atoms with Gasteiger partial charge in [-0.05, 0) is 31.6 Å². The molecule has 2 nitrogen and oxygen atoms in total. The zero-order valence-corrected chi connectivity index (χ0v) is 9.09. The topological polar surface area (TPSA) is 15.3 Å². The first kappa shape index (κ1) is 9.28. The fourth-order valence-corrected chi connectivity index (χ4v) is 2.97. The standard InChI is InChI=1S/C12H15BN2/c1-15-5-4-12(8-15)7-14-11-6-9(13)2-3-10(11)12/h2-3,6,14H,4-5,7-8H2,1H3/t12-/m1/s1. The van der Waals surface area contributed by atoms with E-state index in [0.717, 1.165) is 18.6 Å². The first-order chi connectivity index (χ1) is 7.20. The van der Waals surface area contributed by atoms with E-state index >= 15 is 0 Å². The fraction of sp³-hybridized carbons (Fsp3) is 0.500. The van der Waals surface area contributed by atoms with Crippen molar-refractivity contribution >= 4 is 19.0 Å². The summed E-state index contributed by atoms with van der Waals surface area (Å²) in [6.07, 6.45) is 1.26. The lowest BCUT2D eigenvalue weighted by Gasteiger charge is -2.23. The maximum absolute atomic E-state index is 5.79. The molecule has 2 heterocycles. The molecule has 2 aliphatic rings. The molecule has 1 spiro atoms.